The zero-order chi connectivity index (χ0) is 12.8. The fourth-order valence-corrected chi connectivity index (χ4v) is 1.73. The molecule has 2 atom stereocenters. The van der Waals surface area contributed by atoms with Gasteiger partial charge in [0.1, 0.15) is 5.75 Å². The van der Waals surface area contributed by atoms with Crippen molar-refractivity contribution < 1.29 is 9.84 Å². The number of benzene rings is 1. The average molecular weight is 274 g/mol. The summed E-state index contributed by atoms with van der Waals surface area (Å²) in [5.41, 5.74) is 6.97. The van der Waals surface area contributed by atoms with Crippen molar-refractivity contribution in [1.29, 1.82) is 0 Å². The van der Waals surface area contributed by atoms with E-state index in [0.29, 0.717) is 5.92 Å². The maximum absolute atomic E-state index is 9.99. The van der Waals surface area contributed by atoms with Gasteiger partial charge in [-0.25, -0.2) is 0 Å². The molecule has 0 aliphatic heterocycles. The van der Waals surface area contributed by atoms with E-state index in [1.54, 1.807) is 7.11 Å². The molecule has 1 aromatic rings. The van der Waals surface area contributed by atoms with Gasteiger partial charge in [0.25, 0.3) is 0 Å². The second-order valence-corrected chi connectivity index (χ2v) is 4.84. The molecule has 1 aromatic carbocycles. The Bertz CT molecular complexity index is 327. The molecular formula is C14H24ClNO2. The van der Waals surface area contributed by atoms with Crippen LogP contribution in [0.25, 0.3) is 0 Å². The first-order chi connectivity index (χ1) is 8.04. The number of rotatable bonds is 6. The van der Waals surface area contributed by atoms with E-state index >= 15 is 0 Å². The van der Waals surface area contributed by atoms with Gasteiger partial charge in [-0.05, 0) is 36.5 Å². The molecular weight excluding hydrogens is 250 g/mol. The maximum atomic E-state index is 9.99. The molecule has 0 bridgehead atoms. The molecule has 1 rings (SSSR count). The molecule has 0 heterocycles. The Morgan fingerprint density at radius 3 is 2.17 bits per heavy atom. The number of hydrogen-bond acceptors (Lipinski definition) is 3. The van der Waals surface area contributed by atoms with Crippen LogP contribution in [0.15, 0.2) is 24.3 Å². The number of aliphatic hydroxyl groups is 1. The summed E-state index contributed by atoms with van der Waals surface area (Å²) >= 11 is 0. The Hall–Kier alpha value is -0.770. The van der Waals surface area contributed by atoms with Crippen molar-refractivity contribution in [2.75, 3.05) is 7.11 Å². The van der Waals surface area contributed by atoms with Crippen LogP contribution in [-0.4, -0.2) is 18.3 Å². The molecule has 18 heavy (non-hydrogen) atoms. The van der Waals surface area contributed by atoms with Gasteiger partial charge in [0, 0.05) is 0 Å². The van der Waals surface area contributed by atoms with Gasteiger partial charge in [-0.2, -0.15) is 0 Å². The van der Waals surface area contributed by atoms with Crippen molar-refractivity contribution in [3.8, 4) is 5.75 Å². The standard InChI is InChI=1S/C14H23NO2.ClH/c1-10(2)4-9-13(16)14(15)11-5-7-12(17-3)8-6-11;/h5-8,10,13-14,16H,4,9,15H2,1-3H3;1H/t13-,14+;/m1./s1. The number of nitrogens with two attached hydrogens (primary N) is 1. The number of methoxy groups -OCH3 is 1. The van der Waals surface area contributed by atoms with E-state index < -0.39 is 6.10 Å². The van der Waals surface area contributed by atoms with Crippen LogP contribution in [0.4, 0.5) is 0 Å². The second kappa shape index (κ2) is 8.35. The molecule has 0 aromatic heterocycles. The van der Waals surface area contributed by atoms with Gasteiger partial charge in [-0.15, -0.1) is 12.4 Å². The number of ether oxygens (including phenoxy) is 1. The van der Waals surface area contributed by atoms with Gasteiger partial charge < -0.3 is 15.6 Å². The predicted octanol–water partition coefficient (Wildman–Crippen LogP) is 2.91. The Morgan fingerprint density at radius 2 is 1.72 bits per heavy atom. The number of hydrogen-bond donors (Lipinski definition) is 2. The smallest absolute Gasteiger partial charge is 0.118 e. The topological polar surface area (TPSA) is 55.5 Å². The lowest BCUT2D eigenvalue weighted by molar-refractivity contribution is 0.128. The van der Waals surface area contributed by atoms with E-state index in [4.69, 9.17) is 10.5 Å². The predicted molar refractivity (Wildman–Crippen MR) is 77.2 cm³/mol. The van der Waals surface area contributed by atoms with Crippen molar-refractivity contribution >= 4 is 12.4 Å². The van der Waals surface area contributed by atoms with Gasteiger partial charge in [0.05, 0.1) is 19.3 Å². The van der Waals surface area contributed by atoms with Gasteiger partial charge in [-0.3, -0.25) is 0 Å². The highest BCUT2D eigenvalue weighted by Gasteiger charge is 2.16. The summed E-state index contributed by atoms with van der Waals surface area (Å²) in [6.45, 7) is 4.29. The summed E-state index contributed by atoms with van der Waals surface area (Å²) in [4.78, 5) is 0. The van der Waals surface area contributed by atoms with Crippen LogP contribution in [0, 0.1) is 5.92 Å². The Labute approximate surface area is 116 Å². The third-order valence-electron chi connectivity index (χ3n) is 2.96. The third kappa shape index (κ3) is 5.25. The highest BCUT2D eigenvalue weighted by atomic mass is 35.5. The molecule has 0 aliphatic carbocycles. The minimum Gasteiger partial charge on any atom is -0.497 e. The summed E-state index contributed by atoms with van der Waals surface area (Å²) < 4.78 is 5.09. The normalized spacial score (nSPS) is 13.9. The highest BCUT2D eigenvalue weighted by molar-refractivity contribution is 5.85. The van der Waals surface area contributed by atoms with Crippen LogP contribution in [0.3, 0.4) is 0 Å². The molecule has 104 valence electrons. The summed E-state index contributed by atoms with van der Waals surface area (Å²) in [6.07, 6.45) is 1.25. The first kappa shape index (κ1) is 17.2. The SMILES string of the molecule is COc1ccc([C@H](N)[C@H](O)CCC(C)C)cc1.Cl. The molecule has 0 saturated carbocycles. The van der Waals surface area contributed by atoms with E-state index in [-0.39, 0.29) is 18.4 Å². The maximum Gasteiger partial charge on any atom is 0.118 e. The molecule has 0 spiro atoms. The minimum atomic E-state index is -0.481. The van der Waals surface area contributed by atoms with Gasteiger partial charge in [0.2, 0.25) is 0 Å². The molecule has 0 saturated heterocycles. The first-order valence-corrected chi connectivity index (χ1v) is 6.12. The van der Waals surface area contributed by atoms with E-state index in [2.05, 4.69) is 13.8 Å². The van der Waals surface area contributed by atoms with Crippen LogP contribution in [0.5, 0.6) is 5.75 Å². The fourth-order valence-electron chi connectivity index (χ4n) is 1.73. The van der Waals surface area contributed by atoms with Crippen molar-refractivity contribution in [2.45, 2.75) is 38.8 Å². The third-order valence-corrected chi connectivity index (χ3v) is 2.96. The lowest BCUT2D eigenvalue weighted by Gasteiger charge is -2.20. The lowest BCUT2D eigenvalue weighted by Crippen LogP contribution is -2.26. The molecule has 0 radical (unpaired) electrons. The van der Waals surface area contributed by atoms with E-state index in [1.165, 1.54) is 0 Å². The quantitative estimate of drug-likeness (QED) is 0.838. The summed E-state index contributed by atoms with van der Waals surface area (Å²) in [6, 6.07) is 7.22. The average Bonchev–Trinajstić information content (AvgIpc) is 2.35. The van der Waals surface area contributed by atoms with Gasteiger partial charge in [0.15, 0.2) is 0 Å². The highest BCUT2D eigenvalue weighted by Crippen LogP contribution is 2.21. The van der Waals surface area contributed by atoms with E-state index in [0.717, 1.165) is 24.2 Å². The molecule has 0 unspecified atom stereocenters. The van der Waals surface area contributed by atoms with Crippen LogP contribution < -0.4 is 10.5 Å². The molecule has 0 fully saturated rings. The van der Waals surface area contributed by atoms with Gasteiger partial charge in [-0.1, -0.05) is 26.0 Å². The summed E-state index contributed by atoms with van der Waals surface area (Å²) in [5.74, 6) is 1.39. The fraction of sp³-hybridized carbons (Fsp3) is 0.571. The molecule has 4 heteroatoms. The van der Waals surface area contributed by atoms with E-state index in [9.17, 15) is 5.11 Å². The lowest BCUT2D eigenvalue weighted by atomic mass is 9.96. The zero-order valence-electron chi connectivity index (χ0n) is 11.3. The molecule has 0 amide bonds. The van der Waals surface area contributed by atoms with Crippen LogP contribution in [0.1, 0.15) is 38.3 Å². The Morgan fingerprint density at radius 1 is 1.17 bits per heavy atom. The summed E-state index contributed by atoms with van der Waals surface area (Å²) in [7, 11) is 1.63. The molecule has 3 N–H and O–H groups in total. The van der Waals surface area contributed by atoms with Crippen molar-refractivity contribution in [3.63, 3.8) is 0 Å². The van der Waals surface area contributed by atoms with Crippen LogP contribution in [-0.2, 0) is 0 Å². The van der Waals surface area contributed by atoms with E-state index in [1.807, 2.05) is 24.3 Å². The van der Waals surface area contributed by atoms with Gasteiger partial charge >= 0.3 is 0 Å². The van der Waals surface area contributed by atoms with Crippen molar-refractivity contribution in [3.05, 3.63) is 29.8 Å². The largest absolute Gasteiger partial charge is 0.497 e. The first-order valence-electron chi connectivity index (χ1n) is 6.12. The Balaban J connectivity index is 0.00000289. The number of halogens is 1. The van der Waals surface area contributed by atoms with Crippen molar-refractivity contribution in [1.82, 2.24) is 0 Å². The molecule has 0 aliphatic rings. The van der Waals surface area contributed by atoms with Crippen LogP contribution in [0.2, 0.25) is 0 Å². The second-order valence-electron chi connectivity index (χ2n) is 4.84. The van der Waals surface area contributed by atoms with Crippen LogP contribution >= 0.6 is 12.4 Å². The molecule has 3 nitrogen and oxygen atoms in total. The Kier molecular flexibility index (Phi) is 8.00. The zero-order valence-corrected chi connectivity index (χ0v) is 12.1. The van der Waals surface area contributed by atoms with Crippen molar-refractivity contribution in [2.24, 2.45) is 11.7 Å². The number of aliphatic hydroxyl groups excluding tert-OH is 1. The monoisotopic (exact) mass is 273 g/mol. The minimum absolute atomic E-state index is 0. The summed E-state index contributed by atoms with van der Waals surface area (Å²) in [5, 5.41) is 9.99.